The van der Waals surface area contributed by atoms with Crippen LogP contribution in [-0.2, 0) is 0 Å². The highest BCUT2D eigenvalue weighted by molar-refractivity contribution is 5.66. The van der Waals surface area contributed by atoms with Gasteiger partial charge in [0.25, 0.3) is 0 Å². The highest BCUT2D eigenvalue weighted by Gasteiger charge is 2.06. The van der Waals surface area contributed by atoms with E-state index in [4.69, 9.17) is 0 Å². The molecular weight excluding hydrogens is 181 g/mol. The van der Waals surface area contributed by atoms with Crippen molar-refractivity contribution in [2.75, 3.05) is 17.5 Å². The van der Waals surface area contributed by atoms with E-state index in [2.05, 4.69) is 23.5 Å². The average molecular weight is 193 g/mol. The second-order valence-electron chi connectivity index (χ2n) is 2.70. The van der Waals surface area contributed by atoms with Gasteiger partial charge in [0.2, 0.25) is 0 Å². The van der Waals surface area contributed by atoms with Crippen LogP contribution >= 0.6 is 0 Å². The SMILES string of the molecule is C=CC(=C)Nc1ncccc1N(C)F. The predicted octanol–water partition coefficient (Wildman–Crippen LogP) is 2.51. The number of halogens is 1. The summed E-state index contributed by atoms with van der Waals surface area (Å²) in [5.41, 5.74) is 0.933. The zero-order chi connectivity index (χ0) is 10.6. The Morgan fingerprint density at radius 1 is 1.71 bits per heavy atom. The lowest BCUT2D eigenvalue weighted by Crippen LogP contribution is -2.08. The van der Waals surface area contributed by atoms with Crippen molar-refractivity contribution in [2.45, 2.75) is 0 Å². The summed E-state index contributed by atoms with van der Waals surface area (Å²) in [6.07, 6.45) is 3.11. The van der Waals surface area contributed by atoms with E-state index >= 15 is 0 Å². The van der Waals surface area contributed by atoms with Gasteiger partial charge in [-0.1, -0.05) is 13.2 Å². The molecule has 74 valence electrons. The fourth-order valence-electron chi connectivity index (χ4n) is 0.945. The largest absolute Gasteiger partial charge is 0.339 e. The summed E-state index contributed by atoms with van der Waals surface area (Å²) in [4.78, 5) is 3.99. The minimum Gasteiger partial charge on any atom is -0.339 e. The van der Waals surface area contributed by atoms with Crippen molar-refractivity contribution < 1.29 is 4.48 Å². The quantitative estimate of drug-likeness (QED) is 0.588. The first-order valence-corrected chi connectivity index (χ1v) is 4.08. The number of pyridine rings is 1. The van der Waals surface area contributed by atoms with E-state index in [1.54, 1.807) is 18.3 Å². The predicted molar refractivity (Wildman–Crippen MR) is 56.7 cm³/mol. The van der Waals surface area contributed by atoms with Gasteiger partial charge in [-0.2, -0.15) is 0 Å². The molecule has 1 rings (SSSR count). The molecule has 1 aromatic rings. The van der Waals surface area contributed by atoms with Gasteiger partial charge in [-0.3, -0.25) is 0 Å². The Bertz CT molecular complexity index is 347. The van der Waals surface area contributed by atoms with Crippen molar-refractivity contribution in [1.82, 2.24) is 4.98 Å². The molecule has 1 N–H and O–H groups in total. The van der Waals surface area contributed by atoms with Crippen LogP contribution < -0.4 is 10.4 Å². The Kier molecular flexibility index (Phi) is 3.23. The zero-order valence-electron chi connectivity index (χ0n) is 8.00. The van der Waals surface area contributed by atoms with E-state index in [1.165, 1.54) is 13.1 Å². The fraction of sp³-hybridized carbons (Fsp3) is 0.100. The first-order chi connectivity index (χ1) is 6.65. The summed E-state index contributed by atoms with van der Waals surface area (Å²) in [5, 5.41) is 3.33. The minimum atomic E-state index is 0.357. The van der Waals surface area contributed by atoms with Crippen molar-refractivity contribution in [2.24, 2.45) is 0 Å². The molecule has 0 spiro atoms. The van der Waals surface area contributed by atoms with E-state index in [9.17, 15) is 4.48 Å². The smallest absolute Gasteiger partial charge is 0.156 e. The van der Waals surface area contributed by atoms with E-state index in [0.29, 0.717) is 22.3 Å². The fourth-order valence-corrected chi connectivity index (χ4v) is 0.945. The number of allylic oxidation sites excluding steroid dienone is 1. The van der Waals surface area contributed by atoms with Gasteiger partial charge in [-0.15, -0.1) is 4.48 Å². The molecule has 1 heterocycles. The molecule has 0 aliphatic carbocycles. The van der Waals surface area contributed by atoms with E-state index in [0.717, 1.165) is 0 Å². The van der Waals surface area contributed by atoms with E-state index < -0.39 is 0 Å². The summed E-state index contributed by atoms with van der Waals surface area (Å²) >= 11 is 0. The first-order valence-electron chi connectivity index (χ1n) is 4.08. The number of hydrogen-bond donors (Lipinski definition) is 1. The van der Waals surface area contributed by atoms with Crippen LogP contribution in [0, 0.1) is 0 Å². The van der Waals surface area contributed by atoms with Gasteiger partial charge in [0, 0.05) is 18.9 Å². The Hall–Kier alpha value is -1.84. The van der Waals surface area contributed by atoms with Gasteiger partial charge in [-0.05, 0) is 18.2 Å². The molecule has 0 aliphatic rings. The molecule has 0 bridgehead atoms. The number of aromatic nitrogens is 1. The van der Waals surface area contributed by atoms with Gasteiger partial charge in [0.05, 0.1) is 0 Å². The van der Waals surface area contributed by atoms with Crippen LogP contribution in [0.1, 0.15) is 0 Å². The molecule has 0 aliphatic heterocycles. The molecule has 0 unspecified atom stereocenters. The normalized spacial score (nSPS) is 9.29. The lowest BCUT2D eigenvalue weighted by atomic mass is 10.3. The standard InChI is InChI=1S/C10H12FN3/c1-4-8(2)13-10-9(14(3)11)6-5-7-12-10/h4-7H,1-2H2,3H3,(H,12,13). The first kappa shape index (κ1) is 10.2. The summed E-state index contributed by atoms with van der Waals surface area (Å²) in [6.45, 7) is 7.19. The molecule has 0 atom stereocenters. The van der Waals surface area contributed by atoms with Crippen molar-refractivity contribution in [1.29, 1.82) is 0 Å². The molecule has 14 heavy (non-hydrogen) atoms. The average Bonchev–Trinajstić information content (AvgIpc) is 2.18. The summed E-state index contributed by atoms with van der Waals surface area (Å²) < 4.78 is 12.9. The molecule has 4 heteroatoms. The van der Waals surface area contributed by atoms with Crippen LogP contribution in [0.15, 0.2) is 43.3 Å². The van der Waals surface area contributed by atoms with Crippen molar-refractivity contribution in [3.8, 4) is 0 Å². The van der Waals surface area contributed by atoms with Gasteiger partial charge >= 0.3 is 0 Å². The lowest BCUT2D eigenvalue weighted by molar-refractivity contribution is 0.476. The number of hydrogen-bond acceptors (Lipinski definition) is 3. The molecule has 1 aromatic heterocycles. The number of anilines is 2. The Labute approximate surface area is 82.5 Å². The topological polar surface area (TPSA) is 28.2 Å². The van der Waals surface area contributed by atoms with E-state index in [1.807, 2.05) is 0 Å². The zero-order valence-corrected chi connectivity index (χ0v) is 8.00. The third kappa shape index (κ3) is 2.32. The summed E-state index contributed by atoms with van der Waals surface area (Å²) in [7, 11) is 1.30. The molecule has 3 nitrogen and oxygen atoms in total. The van der Waals surface area contributed by atoms with Crippen molar-refractivity contribution >= 4 is 11.5 Å². The minimum absolute atomic E-state index is 0.357. The van der Waals surface area contributed by atoms with Crippen LogP contribution in [-0.4, -0.2) is 12.0 Å². The van der Waals surface area contributed by atoms with Gasteiger partial charge in [0.15, 0.2) is 5.82 Å². The third-order valence-corrected chi connectivity index (χ3v) is 1.64. The maximum absolute atomic E-state index is 12.9. The lowest BCUT2D eigenvalue weighted by Gasteiger charge is -2.13. The molecule has 0 saturated heterocycles. The number of nitrogens with one attached hydrogen (secondary N) is 1. The van der Waals surface area contributed by atoms with Gasteiger partial charge in [0.1, 0.15) is 5.69 Å². The highest BCUT2D eigenvalue weighted by Crippen LogP contribution is 2.22. The van der Waals surface area contributed by atoms with Crippen LogP contribution in [0.25, 0.3) is 0 Å². The van der Waals surface area contributed by atoms with E-state index in [-0.39, 0.29) is 0 Å². The number of rotatable bonds is 4. The summed E-state index contributed by atoms with van der Waals surface area (Å²) in [5.74, 6) is 0.419. The summed E-state index contributed by atoms with van der Waals surface area (Å²) in [6, 6.07) is 3.28. The third-order valence-electron chi connectivity index (χ3n) is 1.64. The Morgan fingerprint density at radius 2 is 2.43 bits per heavy atom. The molecular formula is C10H12FN3. The van der Waals surface area contributed by atoms with Crippen molar-refractivity contribution in [3.05, 3.63) is 43.3 Å². The maximum atomic E-state index is 12.9. The monoisotopic (exact) mass is 193 g/mol. The van der Waals surface area contributed by atoms with Crippen LogP contribution in [0.5, 0.6) is 0 Å². The molecule has 0 aromatic carbocycles. The molecule has 0 radical (unpaired) electrons. The van der Waals surface area contributed by atoms with Gasteiger partial charge < -0.3 is 5.32 Å². The molecule has 0 saturated carbocycles. The maximum Gasteiger partial charge on any atom is 0.156 e. The van der Waals surface area contributed by atoms with Gasteiger partial charge in [-0.25, -0.2) is 10.1 Å². The van der Waals surface area contributed by atoms with Crippen molar-refractivity contribution in [3.63, 3.8) is 0 Å². The molecule has 0 amide bonds. The van der Waals surface area contributed by atoms with Crippen LogP contribution in [0.4, 0.5) is 16.0 Å². The second kappa shape index (κ2) is 4.41. The molecule has 0 fully saturated rings. The Balaban J connectivity index is 2.95. The Morgan fingerprint density at radius 3 is 3.00 bits per heavy atom. The second-order valence-corrected chi connectivity index (χ2v) is 2.70. The highest BCUT2D eigenvalue weighted by atomic mass is 19.2. The number of nitrogens with zero attached hydrogens (tertiary/aromatic N) is 2. The van der Waals surface area contributed by atoms with Crippen LogP contribution in [0.3, 0.4) is 0 Å². The van der Waals surface area contributed by atoms with Crippen LogP contribution in [0.2, 0.25) is 0 Å².